The van der Waals surface area contributed by atoms with E-state index < -0.39 is 10.9 Å². The first-order valence-corrected chi connectivity index (χ1v) is 6.39. The predicted octanol–water partition coefficient (Wildman–Crippen LogP) is 2.88. The van der Waals surface area contributed by atoms with Gasteiger partial charge in [-0.15, -0.1) is 0 Å². The van der Waals surface area contributed by atoms with Gasteiger partial charge in [0.15, 0.2) is 5.75 Å². The molecule has 0 aliphatic rings. The highest BCUT2D eigenvalue weighted by molar-refractivity contribution is 5.85. The molecular formula is C14H17NO6. The van der Waals surface area contributed by atoms with Gasteiger partial charge in [-0.05, 0) is 24.1 Å². The summed E-state index contributed by atoms with van der Waals surface area (Å²) < 4.78 is 10.5. The van der Waals surface area contributed by atoms with Gasteiger partial charge >= 0.3 is 11.7 Å². The van der Waals surface area contributed by atoms with Crippen LogP contribution in [0.15, 0.2) is 18.2 Å². The van der Waals surface area contributed by atoms with E-state index in [1.54, 1.807) is 0 Å². The molecule has 0 aliphatic carbocycles. The molecule has 0 spiro atoms. The highest BCUT2D eigenvalue weighted by Gasteiger charge is 2.21. The Morgan fingerprint density at radius 2 is 2.19 bits per heavy atom. The van der Waals surface area contributed by atoms with Crippen LogP contribution in [0, 0.1) is 10.1 Å². The molecule has 0 atom stereocenters. The molecule has 7 nitrogen and oxygen atoms in total. The van der Waals surface area contributed by atoms with Crippen molar-refractivity contribution in [3.63, 3.8) is 0 Å². The van der Waals surface area contributed by atoms with Crippen molar-refractivity contribution in [1.82, 2.24) is 0 Å². The number of nitro benzene ring substituents is 1. The fraction of sp³-hybridized carbons (Fsp3) is 0.357. The number of benzene rings is 1. The summed E-state index contributed by atoms with van der Waals surface area (Å²) in [7, 11) is 1.37. The highest BCUT2D eigenvalue weighted by atomic mass is 16.6. The zero-order valence-corrected chi connectivity index (χ0v) is 11.9. The number of methoxy groups -OCH3 is 1. The summed E-state index contributed by atoms with van der Waals surface area (Å²) in [6.45, 7) is 2.33. The van der Waals surface area contributed by atoms with E-state index >= 15 is 0 Å². The van der Waals surface area contributed by atoms with Gasteiger partial charge in [0.2, 0.25) is 5.75 Å². The fourth-order valence-electron chi connectivity index (χ4n) is 1.62. The van der Waals surface area contributed by atoms with E-state index in [0.29, 0.717) is 12.2 Å². The van der Waals surface area contributed by atoms with Gasteiger partial charge < -0.3 is 14.6 Å². The maximum atomic E-state index is 11.1. The molecule has 0 aromatic heterocycles. The smallest absolute Gasteiger partial charge is 0.328 e. The second-order valence-electron chi connectivity index (χ2n) is 4.20. The fourth-order valence-corrected chi connectivity index (χ4v) is 1.62. The summed E-state index contributed by atoms with van der Waals surface area (Å²) in [4.78, 5) is 21.1. The number of hydrogen-bond acceptors (Lipinski definition) is 5. The lowest BCUT2D eigenvalue weighted by atomic mass is 10.1. The van der Waals surface area contributed by atoms with Crippen LogP contribution in [-0.2, 0) is 4.79 Å². The number of unbranched alkanes of at least 4 members (excludes halogenated alkanes) is 1. The molecule has 0 aliphatic heterocycles. The van der Waals surface area contributed by atoms with E-state index in [1.807, 2.05) is 6.92 Å². The van der Waals surface area contributed by atoms with Crippen LogP contribution in [0.3, 0.4) is 0 Å². The van der Waals surface area contributed by atoms with Crippen LogP contribution in [0.4, 0.5) is 5.69 Å². The Hall–Kier alpha value is -2.57. The van der Waals surface area contributed by atoms with Crippen LogP contribution in [0.1, 0.15) is 25.3 Å². The summed E-state index contributed by atoms with van der Waals surface area (Å²) in [6, 6.07) is 2.75. The van der Waals surface area contributed by atoms with Crippen molar-refractivity contribution in [3.8, 4) is 11.5 Å². The van der Waals surface area contributed by atoms with Crippen molar-refractivity contribution in [2.24, 2.45) is 0 Å². The number of hydrogen-bond donors (Lipinski definition) is 1. The third-order valence-electron chi connectivity index (χ3n) is 2.64. The van der Waals surface area contributed by atoms with E-state index in [4.69, 9.17) is 14.6 Å². The van der Waals surface area contributed by atoms with Gasteiger partial charge in [0.25, 0.3) is 0 Å². The molecule has 0 bridgehead atoms. The minimum Gasteiger partial charge on any atom is -0.493 e. The molecule has 0 saturated heterocycles. The first-order valence-electron chi connectivity index (χ1n) is 6.39. The van der Waals surface area contributed by atoms with Gasteiger partial charge in [-0.25, -0.2) is 4.79 Å². The number of aliphatic carboxylic acids is 1. The van der Waals surface area contributed by atoms with E-state index in [9.17, 15) is 14.9 Å². The Labute approximate surface area is 121 Å². The van der Waals surface area contributed by atoms with Gasteiger partial charge in [-0.3, -0.25) is 10.1 Å². The van der Waals surface area contributed by atoms with Gasteiger partial charge in [0.1, 0.15) is 0 Å². The third kappa shape index (κ3) is 4.79. The van der Waals surface area contributed by atoms with Crippen molar-refractivity contribution < 1.29 is 24.3 Å². The number of carboxylic acid groups (broad SMARTS) is 1. The van der Waals surface area contributed by atoms with Crippen LogP contribution in [-0.4, -0.2) is 29.7 Å². The van der Waals surface area contributed by atoms with E-state index in [2.05, 4.69) is 0 Å². The van der Waals surface area contributed by atoms with E-state index in [0.717, 1.165) is 18.9 Å². The molecule has 1 aromatic carbocycles. The topological polar surface area (TPSA) is 98.9 Å². The van der Waals surface area contributed by atoms with Gasteiger partial charge in [0.05, 0.1) is 18.6 Å². The SMILES string of the molecule is CCCCOc1c(OC)cc(/C=C/C(=O)O)cc1[N+](=O)[O-]. The molecule has 7 heteroatoms. The molecule has 114 valence electrons. The molecule has 0 saturated carbocycles. The van der Waals surface area contributed by atoms with Crippen LogP contribution < -0.4 is 9.47 Å². The van der Waals surface area contributed by atoms with Crippen molar-refractivity contribution in [3.05, 3.63) is 33.9 Å². The van der Waals surface area contributed by atoms with Gasteiger partial charge in [-0.1, -0.05) is 13.3 Å². The zero-order chi connectivity index (χ0) is 15.8. The van der Waals surface area contributed by atoms with E-state index in [1.165, 1.54) is 25.3 Å². The Morgan fingerprint density at radius 1 is 1.48 bits per heavy atom. The molecule has 0 fully saturated rings. The van der Waals surface area contributed by atoms with Crippen molar-refractivity contribution in [2.45, 2.75) is 19.8 Å². The molecule has 0 amide bonds. The number of nitrogens with zero attached hydrogens (tertiary/aromatic N) is 1. The summed E-state index contributed by atoms with van der Waals surface area (Å²) in [5.41, 5.74) is 0.0966. The maximum absolute atomic E-state index is 11.1. The Morgan fingerprint density at radius 3 is 2.71 bits per heavy atom. The molecule has 0 unspecified atom stereocenters. The molecular weight excluding hydrogens is 278 g/mol. The summed E-state index contributed by atoms with van der Waals surface area (Å²) in [6.07, 6.45) is 3.82. The number of carbonyl (C=O) groups is 1. The molecule has 0 radical (unpaired) electrons. The van der Waals surface area contributed by atoms with Crippen LogP contribution in [0.25, 0.3) is 6.08 Å². The monoisotopic (exact) mass is 295 g/mol. The number of ether oxygens (including phenoxy) is 2. The first kappa shape index (κ1) is 16.5. The van der Waals surface area contributed by atoms with E-state index in [-0.39, 0.29) is 17.2 Å². The van der Waals surface area contributed by atoms with Crippen molar-refractivity contribution >= 4 is 17.7 Å². The van der Waals surface area contributed by atoms with Crippen LogP contribution in [0.2, 0.25) is 0 Å². The van der Waals surface area contributed by atoms with Crippen molar-refractivity contribution in [2.75, 3.05) is 13.7 Å². The lowest BCUT2D eigenvalue weighted by Gasteiger charge is -2.11. The largest absolute Gasteiger partial charge is 0.493 e. The summed E-state index contributed by atoms with van der Waals surface area (Å²) in [5.74, 6) is -0.881. The predicted molar refractivity (Wildman–Crippen MR) is 76.7 cm³/mol. The molecule has 1 aromatic rings. The van der Waals surface area contributed by atoms with Crippen LogP contribution in [0.5, 0.6) is 11.5 Å². The quantitative estimate of drug-likeness (QED) is 0.342. The Balaban J connectivity index is 3.22. The number of carboxylic acids is 1. The maximum Gasteiger partial charge on any atom is 0.328 e. The lowest BCUT2D eigenvalue weighted by molar-refractivity contribution is -0.386. The Kier molecular flexibility index (Phi) is 6.19. The van der Waals surface area contributed by atoms with Crippen LogP contribution >= 0.6 is 0 Å². The number of nitro groups is 1. The molecule has 0 heterocycles. The average Bonchev–Trinajstić information content (AvgIpc) is 2.45. The van der Waals surface area contributed by atoms with Gasteiger partial charge in [-0.2, -0.15) is 0 Å². The van der Waals surface area contributed by atoms with Gasteiger partial charge in [0, 0.05) is 12.1 Å². The third-order valence-corrected chi connectivity index (χ3v) is 2.64. The molecule has 21 heavy (non-hydrogen) atoms. The normalized spacial score (nSPS) is 10.6. The zero-order valence-electron chi connectivity index (χ0n) is 11.9. The Bertz CT molecular complexity index is 553. The lowest BCUT2D eigenvalue weighted by Crippen LogP contribution is -2.03. The minimum absolute atomic E-state index is 0.0587. The minimum atomic E-state index is -1.14. The molecule has 1 N–H and O–H groups in total. The number of rotatable bonds is 8. The summed E-state index contributed by atoms with van der Waals surface area (Å²) >= 11 is 0. The highest BCUT2D eigenvalue weighted by Crippen LogP contribution is 2.38. The standard InChI is InChI=1S/C14H17NO6/c1-3-4-7-21-14-11(15(18)19)8-10(5-6-13(16)17)9-12(14)20-2/h5-6,8-9H,3-4,7H2,1-2H3,(H,16,17)/b6-5+. The average molecular weight is 295 g/mol. The molecule has 1 rings (SSSR count). The van der Waals surface area contributed by atoms with Crippen molar-refractivity contribution in [1.29, 1.82) is 0 Å². The summed E-state index contributed by atoms with van der Waals surface area (Å²) in [5, 5.41) is 19.7. The second-order valence-corrected chi connectivity index (χ2v) is 4.20. The first-order chi connectivity index (χ1) is 9.99. The second kappa shape index (κ2) is 7.88.